The predicted molar refractivity (Wildman–Crippen MR) is 151 cm³/mol. The summed E-state index contributed by atoms with van der Waals surface area (Å²) in [6, 6.07) is 13.5. The van der Waals surface area contributed by atoms with Crippen LogP contribution < -0.4 is 15.0 Å². The zero-order valence-corrected chi connectivity index (χ0v) is 22.9. The topological polar surface area (TPSA) is 68.4 Å². The number of ether oxygens (including phenoxy) is 1. The van der Waals surface area contributed by atoms with Gasteiger partial charge in [-0.05, 0) is 87.7 Å². The zero-order valence-electron chi connectivity index (χ0n) is 21.4. The van der Waals surface area contributed by atoms with E-state index in [-0.39, 0.29) is 18.2 Å². The Morgan fingerprint density at radius 3 is 2.38 bits per heavy atom. The molecule has 10 heteroatoms. The highest BCUT2D eigenvalue weighted by Crippen LogP contribution is 2.29. The normalized spacial score (nSPS) is 18.9. The standard InChI is InChI=1S/C27H34ClN5O3S/c1-3-36-23-11-7-21(8-12-23)29-25(34)19-24-26(35)33(22-9-5-20(28)6-10-22)27(37)32(24)14-4-13-31-17-15-30(2)16-18-31/h5-12,24H,3-4,13-19H2,1-2H3,(H,29,34). The van der Waals surface area contributed by atoms with E-state index in [2.05, 4.69) is 22.2 Å². The van der Waals surface area contributed by atoms with Crippen LogP contribution in [-0.4, -0.2) is 90.6 Å². The molecular weight excluding hydrogens is 510 g/mol. The average Bonchev–Trinajstić information content (AvgIpc) is 3.11. The Labute approximate surface area is 229 Å². The van der Waals surface area contributed by atoms with Crippen molar-refractivity contribution < 1.29 is 14.3 Å². The van der Waals surface area contributed by atoms with E-state index in [4.69, 9.17) is 28.6 Å². The minimum absolute atomic E-state index is 0.00475. The van der Waals surface area contributed by atoms with Gasteiger partial charge >= 0.3 is 0 Å². The lowest BCUT2D eigenvalue weighted by molar-refractivity contribution is -0.124. The van der Waals surface area contributed by atoms with Crippen LogP contribution in [0.25, 0.3) is 0 Å². The molecule has 2 heterocycles. The number of amides is 2. The summed E-state index contributed by atoms with van der Waals surface area (Å²) >= 11 is 11.8. The molecule has 2 amide bonds. The number of nitrogens with zero attached hydrogens (tertiary/aromatic N) is 4. The smallest absolute Gasteiger partial charge is 0.256 e. The van der Waals surface area contributed by atoms with E-state index in [9.17, 15) is 9.59 Å². The quantitative estimate of drug-likeness (QED) is 0.458. The number of rotatable bonds is 10. The SMILES string of the molecule is CCOc1ccc(NC(=O)CC2C(=O)N(c3ccc(Cl)cc3)C(=S)N2CCCN2CCN(C)CC2)cc1. The molecule has 0 bridgehead atoms. The van der Waals surface area contributed by atoms with Crippen LogP contribution in [0.2, 0.25) is 5.02 Å². The van der Waals surface area contributed by atoms with E-state index < -0.39 is 6.04 Å². The highest BCUT2D eigenvalue weighted by atomic mass is 35.5. The summed E-state index contributed by atoms with van der Waals surface area (Å²) in [7, 11) is 2.14. The Hall–Kier alpha value is -2.72. The second-order valence-corrected chi connectivity index (χ2v) is 10.2. The number of halogens is 1. The molecule has 2 aromatic rings. The largest absolute Gasteiger partial charge is 0.494 e. The van der Waals surface area contributed by atoms with Crippen molar-refractivity contribution in [1.82, 2.24) is 14.7 Å². The van der Waals surface area contributed by atoms with E-state index in [1.807, 2.05) is 24.0 Å². The summed E-state index contributed by atoms with van der Waals surface area (Å²) in [5.74, 6) is 0.294. The lowest BCUT2D eigenvalue weighted by Crippen LogP contribution is -2.45. The fourth-order valence-electron chi connectivity index (χ4n) is 4.64. The Balaban J connectivity index is 1.44. The Kier molecular flexibility index (Phi) is 9.37. The molecule has 2 saturated heterocycles. The monoisotopic (exact) mass is 543 g/mol. The maximum atomic E-state index is 13.6. The second-order valence-electron chi connectivity index (χ2n) is 9.35. The lowest BCUT2D eigenvalue weighted by atomic mass is 10.1. The van der Waals surface area contributed by atoms with E-state index in [0.29, 0.717) is 34.7 Å². The van der Waals surface area contributed by atoms with E-state index in [1.165, 1.54) is 4.90 Å². The second kappa shape index (κ2) is 12.7. The number of likely N-dealkylation sites (N-methyl/N-ethyl adjacent to an activating group) is 1. The van der Waals surface area contributed by atoms with E-state index >= 15 is 0 Å². The Bertz CT molecular complexity index is 1090. The number of hydrogen-bond donors (Lipinski definition) is 1. The summed E-state index contributed by atoms with van der Waals surface area (Å²) in [6.07, 6.45) is 0.855. The van der Waals surface area contributed by atoms with Gasteiger partial charge in [-0.2, -0.15) is 0 Å². The zero-order chi connectivity index (χ0) is 26.4. The van der Waals surface area contributed by atoms with Gasteiger partial charge in [0.15, 0.2) is 5.11 Å². The van der Waals surface area contributed by atoms with Gasteiger partial charge in [0.1, 0.15) is 11.8 Å². The van der Waals surface area contributed by atoms with Gasteiger partial charge in [-0.1, -0.05) is 11.6 Å². The minimum Gasteiger partial charge on any atom is -0.494 e. The van der Waals surface area contributed by atoms with Crippen LogP contribution in [0.3, 0.4) is 0 Å². The molecule has 2 aromatic carbocycles. The third-order valence-corrected chi connectivity index (χ3v) is 7.37. The first kappa shape index (κ1) is 27.3. The molecule has 0 aliphatic carbocycles. The Morgan fingerprint density at radius 1 is 1.05 bits per heavy atom. The fourth-order valence-corrected chi connectivity index (χ4v) is 5.18. The van der Waals surface area contributed by atoms with Crippen molar-refractivity contribution in [2.45, 2.75) is 25.8 Å². The van der Waals surface area contributed by atoms with Gasteiger partial charge < -0.3 is 24.8 Å². The van der Waals surface area contributed by atoms with Gasteiger partial charge in [0.05, 0.1) is 18.7 Å². The number of carbonyl (C=O) groups excluding carboxylic acids is 2. The van der Waals surface area contributed by atoms with Crippen molar-refractivity contribution in [2.24, 2.45) is 0 Å². The van der Waals surface area contributed by atoms with Crippen molar-refractivity contribution in [3.63, 3.8) is 0 Å². The van der Waals surface area contributed by atoms with E-state index in [1.54, 1.807) is 36.4 Å². The maximum absolute atomic E-state index is 13.6. The first-order chi connectivity index (χ1) is 17.9. The maximum Gasteiger partial charge on any atom is 0.256 e. The average molecular weight is 544 g/mol. The lowest BCUT2D eigenvalue weighted by Gasteiger charge is -2.33. The van der Waals surface area contributed by atoms with Crippen molar-refractivity contribution in [3.8, 4) is 5.75 Å². The first-order valence-electron chi connectivity index (χ1n) is 12.7. The molecule has 198 valence electrons. The third-order valence-electron chi connectivity index (χ3n) is 6.70. The molecule has 2 aliphatic rings. The predicted octanol–water partition coefficient (Wildman–Crippen LogP) is 3.71. The van der Waals surface area contributed by atoms with Crippen LogP contribution in [-0.2, 0) is 9.59 Å². The fraction of sp³-hybridized carbons (Fsp3) is 0.444. The molecule has 0 radical (unpaired) electrons. The van der Waals surface area contributed by atoms with Gasteiger partial charge in [0.25, 0.3) is 5.91 Å². The van der Waals surface area contributed by atoms with Crippen LogP contribution in [0.5, 0.6) is 5.75 Å². The summed E-state index contributed by atoms with van der Waals surface area (Å²) in [5, 5.41) is 3.90. The van der Waals surface area contributed by atoms with Gasteiger partial charge in [0, 0.05) is 43.4 Å². The van der Waals surface area contributed by atoms with Crippen molar-refractivity contribution >= 4 is 52.1 Å². The summed E-state index contributed by atoms with van der Waals surface area (Å²) < 4.78 is 5.46. The van der Waals surface area contributed by atoms with Gasteiger partial charge in [0.2, 0.25) is 5.91 Å². The third kappa shape index (κ3) is 6.98. The van der Waals surface area contributed by atoms with Crippen molar-refractivity contribution in [2.75, 3.05) is 63.1 Å². The molecule has 0 saturated carbocycles. The van der Waals surface area contributed by atoms with E-state index in [0.717, 1.165) is 44.9 Å². The number of thiocarbonyl (C=S) groups is 1. The van der Waals surface area contributed by atoms with Crippen molar-refractivity contribution in [3.05, 3.63) is 53.6 Å². The van der Waals surface area contributed by atoms with Gasteiger partial charge in [-0.15, -0.1) is 0 Å². The summed E-state index contributed by atoms with van der Waals surface area (Å²) in [4.78, 5) is 34.8. The summed E-state index contributed by atoms with van der Waals surface area (Å²) in [5.41, 5.74) is 1.30. The van der Waals surface area contributed by atoms with Crippen LogP contribution in [0.15, 0.2) is 48.5 Å². The van der Waals surface area contributed by atoms with Crippen molar-refractivity contribution in [1.29, 1.82) is 0 Å². The molecule has 1 N–H and O–H groups in total. The van der Waals surface area contributed by atoms with Gasteiger partial charge in [-0.25, -0.2) is 0 Å². The van der Waals surface area contributed by atoms with Crippen LogP contribution >= 0.6 is 23.8 Å². The molecule has 37 heavy (non-hydrogen) atoms. The molecule has 2 aliphatic heterocycles. The highest BCUT2D eigenvalue weighted by Gasteiger charge is 2.43. The molecular formula is C27H34ClN5O3S. The minimum atomic E-state index is -0.668. The number of nitrogens with one attached hydrogen (secondary N) is 1. The number of benzene rings is 2. The summed E-state index contributed by atoms with van der Waals surface area (Å²) in [6.45, 7) is 8.19. The first-order valence-corrected chi connectivity index (χ1v) is 13.5. The van der Waals surface area contributed by atoms with Crippen LogP contribution in [0.1, 0.15) is 19.8 Å². The molecule has 2 fully saturated rings. The molecule has 0 aromatic heterocycles. The number of piperazine rings is 1. The van der Waals surface area contributed by atoms with Gasteiger partial charge in [-0.3, -0.25) is 14.5 Å². The molecule has 4 rings (SSSR count). The molecule has 0 spiro atoms. The highest BCUT2D eigenvalue weighted by molar-refractivity contribution is 7.80. The molecule has 1 atom stereocenters. The molecule has 8 nitrogen and oxygen atoms in total. The van der Waals surface area contributed by atoms with Crippen LogP contribution in [0, 0.1) is 0 Å². The Morgan fingerprint density at radius 2 is 1.73 bits per heavy atom. The number of anilines is 2. The molecule has 1 unspecified atom stereocenters. The number of hydrogen-bond acceptors (Lipinski definition) is 6. The van der Waals surface area contributed by atoms with Crippen LogP contribution in [0.4, 0.5) is 11.4 Å². The number of carbonyl (C=O) groups is 2.